The molecule has 1 aromatic rings. The number of rotatable bonds is 6. The van der Waals surface area contributed by atoms with Crippen LogP contribution in [0.3, 0.4) is 0 Å². The van der Waals surface area contributed by atoms with Gasteiger partial charge < -0.3 is 10.4 Å². The summed E-state index contributed by atoms with van der Waals surface area (Å²) in [5.41, 5.74) is -0.0958. The van der Waals surface area contributed by atoms with Gasteiger partial charge in [-0.05, 0) is 24.8 Å². The van der Waals surface area contributed by atoms with Crippen LogP contribution in [0.15, 0.2) is 18.5 Å². The lowest BCUT2D eigenvalue weighted by molar-refractivity contribution is -0.142. The van der Waals surface area contributed by atoms with Crippen LogP contribution in [-0.2, 0) is 9.59 Å². The fraction of sp³-hybridized carbons (Fsp3) is 0.643. The lowest BCUT2D eigenvalue weighted by atomic mass is 9.84. The number of nitrogens with zero attached hydrogens (tertiary/aromatic N) is 2. The number of hydrogen-bond acceptors (Lipinski definition) is 3. The number of carboxylic acids is 1. The molecule has 2 atom stereocenters. The molecule has 6 nitrogen and oxygen atoms in total. The maximum atomic E-state index is 12.0. The molecule has 0 aliphatic rings. The summed E-state index contributed by atoms with van der Waals surface area (Å²) in [4.78, 5) is 23.2. The van der Waals surface area contributed by atoms with Gasteiger partial charge in [-0.25, -0.2) is 0 Å². The molecular formula is C14H23N3O3. The molecule has 2 N–H and O–H groups in total. The molecule has 0 aliphatic carbocycles. The summed E-state index contributed by atoms with van der Waals surface area (Å²) in [5, 5.41) is 15.9. The summed E-state index contributed by atoms with van der Waals surface area (Å²) in [5.74, 6) is -1.69. The Kier molecular flexibility index (Phi) is 5.30. The van der Waals surface area contributed by atoms with Gasteiger partial charge in [-0.15, -0.1) is 0 Å². The van der Waals surface area contributed by atoms with Crippen molar-refractivity contribution in [1.29, 1.82) is 0 Å². The molecule has 0 aliphatic heterocycles. The second kappa shape index (κ2) is 6.54. The second-order valence-electron chi connectivity index (χ2n) is 6.21. The molecule has 112 valence electrons. The molecular weight excluding hydrogens is 258 g/mol. The molecule has 1 rings (SSSR count). The van der Waals surface area contributed by atoms with Crippen molar-refractivity contribution < 1.29 is 14.7 Å². The van der Waals surface area contributed by atoms with Gasteiger partial charge in [-0.2, -0.15) is 5.10 Å². The van der Waals surface area contributed by atoms with E-state index < -0.39 is 17.9 Å². The van der Waals surface area contributed by atoms with Crippen molar-refractivity contribution >= 4 is 11.9 Å². The largest absolute Gasteiger partial charge is 0.481 e. The highest BCUT2D eigenvalue weighted by Crippen LogP contribution is 2.24. The van der Waals surface area contributed by atoms with Crippen LogP contribution in [0.2, 0.25) is 0 Å². The third-order valence-corrected chi connectivity index (χ3v) is 3.03. The molecule has 0 saturated heterocycles. The Hall–Kier alpha value is -1.85. The molecule has 1 heterocycles. The van der Waals surface area contributed by atoms with E-state index in [2.05, 4.69) is 10.4 Å². The van der Waals surface area contributed by atoms with Crippen LogP contribution in [-0.4, -0.2) is 33.3 Å². The van der Waals surface area contributed by atoms with Crippen molar-refractivity contribution in [2.24, 2.45) is 11.3 Å². The Morgan fingerprint density at radius 1 is 1.40 bits per heavy atom. The highest BCUT2D eigenvalue weighted by atomic mass is 16.4. The van der Waals surface area contributed by atoms with Crippen molar-refractivity contribution in [1.82, 2.24) is 15.1 Å². The van der Waals surface area contributed by atoms with E-state index in [1.54, 1.807) is 25.4 Å². The summed E-state index contributed by atoms with van der Waals surface area (Å²) in [6.45, 7) is 7.81. The molecule has 0 aromatic carbocycles. The third-order valence-electron chi connectivity index (χ3n) is 3.03. The minimum absolute atomic E-state index is 0.0958. The lowest BCUT2D eigenvalue weighted by Crippen LogP contribution is -2.38. The van der Waals surface area contributed by atoms with E-state index in [1.807, 2.05) is 20.8 Å². The van der Waals surface area contributed by atoms with Crippen molar-refractivity contribution in [2.45, 2.75) is 40.2 Å². The van der Waals surface area contributed by atoms with Gasteiger partial charge >= 0.3 is 5.97 Å². The first-order chi connectivity index (χ1) is 9.20. The van der Waals surface area contributed by atoms with Crippen LogP contribution < -0.4 is 5.32 Å². The molecule has 0 spiro atoms. The first-order valence-electron chi connectivity index (χ1n) is 6.70. The summed E-state index contributed by atoms with van der Waals surface area (Å²) in [6.07, 6.45) is 3.82. The quantitative estimate of drug-likeness (QED) is 0.831. The average molecular weight is 281 g/mol. The molecule has 1 amide bonds. The van der Waals surface area contributed by atoms with Crippen molar-refractivity contribution in [2.75, 3.05) is 6.54 Å². The highest BCUT2D eigenvalue weighted by molar-refractivity contribution is 5.80. The Morgan fingerprint density at radius 3 is 2.50 bits per heavy atom. The van der Waals surface area contributed by atoms with Crippen LogP contribution in [0, 0.1) is 11.3 Å². The standard InChI is InChI=1S/C14H23N3O3/c1-10(17-7-5-6-16-17)12(18)15-9-11(13(19)20)8-14(2,3)4/h5-7,10-11H,8-9H2,1-4H3,(H,15,18)(H,19,20). The number of carboxylic acid groups (broad SMARTS) is 1. The van der Waals surface area contributed by atoms with E-state index in [-0.39, 0.29) is 17.9 Å². The summed E-state index contributed by atoms with van der Waals surface area (Å²) in [7, 11) is 0. The van der Waals surface area contributed by atoms with E-state index in [0.29, 0.717) is 6.42 Å². The average Bonchev–Trinajstić information content (AvgIpc) is 2.85. The fourth-order valence-electron chi connectivity index (χ4n) is 1.99. The van der Waals surface area contributed by atoms with Gasteiger partial charge in [-0.3, -0.25) is 14.3 Å². The molecule has 1 aromatic heterocycles. The Balaban J connectivity index is 2.55. The van der Waals surface area contributed by atoms with E-state index in [9.17, 15) is 14.7 Å². The zero-order valence-corrected chi connectivity index (χ0v) is 12.5. The predicted octanol–water partition coefficient (Wildman–Crippen LogP) is 1.70. The van der Waals surface area contributed by atoms with E-state index in [1.165, 1.54) is 4.68 Å². The van der Waals surface area contributed by atoms with Crippen LogP contribution in [0.1, 0.15) is 40.2 Å². The molecule has 6 heteroatoms. The Labute approximate surface area is 119 Å². The van der Waals surface area contributed by atoms with Crippen molar-refractivity contribution in [3.05, 3.63) is 18.5 Å². The second-order valence-corrected chi connectivity index (χ2v) is 6.21. The Bertz CT molecular complexity index is 449. The normalized spacial score (nSPS) is 14.6. The molecule has 2 unspecified atom stereocenters. The van der Waals surface area contributed by atoms with Crippen molar-refractivity contribution in [3.8, 4) is 0 Å². The van der Waals surface area contributed by atoms with Crippen LogP contribution in [0.25, 0.3) is 0 Å². The topological polar surface area (TPSA) is 84.2 Å². The SMILES string of the molecule is CC(C(=O)NCC(CC(C)(C)C)C(=O)O)n1cccn1. The van der Waals surface area contributed by atoms with Gasteiger partial charge in [0.2, 0.25) is 5.91 Å². The smallest absolute Gasteiger partial charge is 0.308 e. The maximum absolute atomic E-state index is 12.0. The maximum Gasteiger partial charge on any atom is 0.308 e. The first-order valence-corrected chi connectivity index (χ1v) is 6.70. The van der Waals surface area contributed by atoms with Gasteiger partial charge in [0.1, 0.15) is 6.04 Å². The van der Waals surface area contributed by atoms with E-state index in [0.717, 1.165) is 0 Å². The number of aromatic nitrogens is 2. The van der Waals surface area contributed by atoms with Crippen molar-refractivity contribution in [3.63, 3.8) is 0 Å². The number of hydrogen-bond donors (Lipinski definition) is 2. The number of carbonyl (C=O) groups is 2. The molecule has 0 radical (unpaired) electrons. The molecule has 0 bridgehead atoms. The van der Waals surface area contributed by atoms with Gasteiger partial charge in [0.15, 0.2) is 0 Å². The molecule has 0 saturated carbocycles. The van der Waals surface area contributed by atoms with Crippen LogP contribution in [0.4, 0.5) is 0 Å². The summed E-state index contributed by atoms with van der Waals surface area (Å²) in [6, 6.07) is 1.29. The lowest BCUT2D eigenvalue weighted by Gasteiger charge is -2.24. The fourth-order valence-corrected chi connectivity index (χ4v) is 1.99. The predicted molar refractivity (Wildman–Crippen MR) is 75.1 cm³/mol. The molecule has 20 heavy (non-hydrogen) atoms. The van der Waals surface area contributed by atoms with Gasteiger partial charge in [0.25, 0.3) is 0 Å². The highest BCUT2D eigenvalue weighted by Gasteiger charge is 2.26. The van der Waals surface area contributed by atoms with Gasteiger partial charge in [-0.1, -0.05) is 20.8 Å². The minimum atomic E-state index is -0.882. The number of carbonyl (C=O) groups excluding carboxylic acids is 1. The van der Waals surface area contributed by atoms with Gasteiger partial charge in [0, 0.05) is 18.9 Å². The van der Waals surface area contributed by atoms with Crippen LogP contribution in [0.5, 0.6) is 0 Å². The summed E-state index contributed by atoms with van der Waals surface area (Å²) >= 11 is 0. The number of amides is 1. The monoisotopic (exact) mass is 281 g/mol. The number of aliphatic carboxylic acids is 1. The zero-order chi connectivity index (χ0) is 15.3. The first kappa shape index (κ1) is 16.2. The molecule has 0 fully saturated rings. The van der Waals surface area contributed by atoms with Gasteiger partial charge in [0.05, 0.1) is 5.92 Å². The van der Waals surface area contributed by atoms with E-state index in [4.69, 9.17) is 0 Å². The Morgan fingerprint density at radius 2 is 2.05 bits per heavy atom. The zero-order valence-electron chi connectivity index (χ0n) is 12.5. The summed E-state index contributed by atoms with van der Waals surface area (Å²) < 4.78 is 1.54. The third kappa shape index (κ3) is 5.03. The van der Waals surface area contributed by atoms with E-state index >= 15 is 0 Å². The minimum Gasteiger partial charge on any atom is -0.481 e. The number of nitrogens with one attached hydrogen (secondary N) is 1. The van der Waals surface area contributed by atoms with Crippen LogP contribution >= 0.6 is 0 Å².